The van der Waals surface area contributed by atoms with Gasteiger partial charge >= 0.3 is 0 Å². The number of para-hydroxylation sites is 1. The van der Waals surface area contributed by atoms with Gasteiger partial charge in [0.2, 0.25) is 0 Å². The van der Waals surface area contributed by atoms with Gasteiger partial charge in [-0.25, -0.2) is 4.98 Å². The molecule has 1 aliphatic heterocycles. The molecule has 0 spiro atoms. The fraction of sp³-hybridized carbons (Fsp3) is 0.412. The first kappa shape index (κ1) is 14.6. The van der Waals surface area contributed by atoms with E-state index in [1.807, 2.05) is 29.0 Å². The van der Waals surface area contributed by atoms with Crippen LogP contribution in [0.15, 0.2) is 48.1 Å². The first-order chi connectivity index (χ1) is 10.9. The summed E-state index contributed by atoms with van der Waals surface area (Å²) in [5, 5.41) is 6.98. The van der Waals surface area contributed by atoms with Crippen LogP contribution in [0.2, 0.25) is 0 Å². The second-order valence-electron chi connectivity index (χ2n) is 5.40. The molecule has 0 aliphatic carbocycles. The fourth-order valence-corrected chi connectivity index (χ4v) is 2.55. The Labute approximate surface area is 131 Å². The minimum absolute atomic E-state index is 0.706. The molecule has 5 nitrogen and oxygen atoms in total. The zero-order chi connectivity index (χ0) is 15.2. The smallest absolute Gasteiger partial charge is 0.169 e. The number of benzene rings is 1. The molecule has 1 fully saturated rings. The summed E-state index contributed by atoms with van der Waals surface area (Å²) in [7, 11) is 0. The molecule has 1 aromatic heterocycles. The Kier molecular flexibility index (Phi) is 4.73. The van der Waals surface area contributed by atoms with Gasteiger partial charge < -0.3 is 4.74 Å². The zero-order valence-corrected chi connectivity index (χ0v) is 13.0. The molecule has 116 valence electrons. The highest BCUT2D eigenvalue weighted by Gasteiger charge is 2.16. The number of imidazole rings is 1. The van der Waals surface area contributed by atoms with Crippen molar-refractivity contribution in [3.8, 4) is 5.75 Å². The molecule has 1 aliphatic rings. The Hall–Kier alpha value is -2.30. The molecule has 0 saturated carbocycles. The maximum Gasteiger partial charge on any atom is 0.169 e. The third-order valence-corrected chi connectivity index (χ3v) is 3.66. The average molecular weight is 298 g/mol. The molecule has 1 saturated heterocycles. The molecule has 0 atom stereocenters. The van der Waals surface area contributed by atoms with E-state index in [0.29, 0.717) is 6.61 Å². The van der Waals surface area contributed by atoms with Crippen LogP contribution in [0.4, 0.5) is 0 Å². The van der Waals surface area contributed by atoms with Crippen LogP contribution < -0.4 is 4.74 Å². The summed E-state index contributed by atoms with van der Waals surface area (Å²) in [6.45, 7) is 4.84. The Morgan fingerprint density at radius 1 is 1.27 bits per heavy atom. The van der Waals surface area contributed by atoms with Crippen LogP contribution in [0, 0.1) is 0 Å². The fourth-order valence-electron chi connectivity index (χ4n) is 2.55. The monoisotopic (exact) mass is 298 g/mol. The van der Waals surface area contributed by atoms with Gasteiger partial charge in [-0.2, -0.15) is 5.10 Å². The summed E-state index contributed by atoms with van der Waals surface area (Å²) >= 11 is 0. The molecule has 1 aromatic carbocycles. The minimum Gasteiger partial charge on any atom is -0.493 e. The Balaban J connectivity index is 1.99. The van der Waals surface area contributed by atoms with Gasteiger partial charge in [-0.05, 0) is 31.4 Å². The van der Waals surface area contributed by atoms with Crippen LogP contribution >= 0.6 is 0 Å². The molecule has 0 unspecified atom stereocenters. The summed E-state index contributed by atoms with van der Waals surface area (Å²) in [5.41, 5.74) is 1.00. The van der Waals surface area contributed by atoms with Crippen molar-refractivity contribution < 1.29 is 4.74 Å². The molecule has 22 heavy (non-hydrogen) atoms. The zero-order valence-electron chi connectivity index (χ0n) is 13.0. The highest BCUT2D eigenvalue weighted by molar-refractivity contribution is 6.02. The van der Waals surface area contributed by atoms with Gasteiger partial charge in [-0.15, -0.1) is 0 Å². The van der Waals surface area contributed by atoms with E-state index >= 15 is 0 Å². The van der Waals surface area contributed by atoms with E-state index in [2.05, 4.69) is 23.0 Å². The summed E-state index contributed by atoms with van der Waals surface area (Å²) in [6.07, 6.45) is 8.87. The van der Waals surface area contributed by atoms with Crippen molar-refractivity contribution >= 4 is 5.84 Å². The molecule has 0 radical (unpaired) electrons. The van der Waals surface area contributed by atoms with E-state index in [0.717, 1.165) is 36.7 Å². The standard InChI is InChI=1S/C17H22N4O/c1-2-13-22-16-8-4-3-7-15(16)17(20-12-9-18-14-20)19-21-10-5-6-11-21/h3-4,7-9,12,14H,2,5-6,10-11,13H2,1H3/b19-17+. The Morgan fingerprint density at radius 2 is 2.09 bits per heavy atom. The number of rotatable bonds is 5. The van der Waals surface area contributed by atoms with Crippen molar-refractivity contribution in [2.24, 2.45) is 5.10 Å². The van der Waals surface area contributed by atoms with E-state index in [1.165, 1.54) is 12.8 Å². The van der Waals surface area contributed by atoms with E-state index in [4.69, 9.17) is 9.84 Å². The lowest BCUT2D eigenvalue weighted by atomic mass is 10.2. The van der Waals surface area contributed by atoms with E-state index in [9.17, 15) is 0 Å². The van der Waals surface area contributed by atoms with Crippen molar-refractivity contribution in [1.29, 1.82) is 0 Å². The van der Waals surface area contributed by atoms with Gasteiger partial charge in [0, 0.05) is 25.5 Å². The average Bonchev–Trinajstić information content (AvgIpc) is 3.24. The molecular weight excluding hydrogens is 276 g/mol. The molecular formula is C17H22N4O. The molecule has 5 heteroatoms. The van der Waals surface area contributed by atoms with Gasteiger partial charge in [-0.3, -0.25) is 9.58 Å². The van der Waals surface area contributed by atoms with Crippen molar-refractivity contribution in [2.75, 3.05) is 19.7 Å². The summed E-state index contributed by atoms with van der Waals surface area (Å²) in [4.78, 5) is 4.16. The largest absolute Gasteiger partial charge is 0.493 e. The number of aromatic nitrogens is 2. The molecule has 3 rings (SSSR count). The lowest BCUT2D eigenvalue weighted by Crippen LogP contribution is -2.21. The highest BCUT2D eigenvalue weighted by Crippen LogP contribution is 2.21. The lowest BCUT2D eigenvalue weighted by Gasteiger charge is -2.17. The Morgan fingerprint density at radius 3 is 2.82 bits per heavy atom. The number of hydrazone groups is 1. The first-order valence-electron chi connectivity index (χ1n) is 7.92. The van der Waals surface area contributed by atoms with E-state index < -0.39 is 0 Å². The van der Waals surface area contributed by atoms with Crippen LogP contribution in [0.5, 0.6) is 5.75 Å². The summed E-state index contributed by atoms with van der Waals surface area (Å²) < 4.78 is 7.85. The first-order valence-corrected chi connectivity index (χ1v) is 7.92. The normalized spacial score (nSPS) is 15.3. The maximum absolute atomic E-state index is 5.90. The predicted octanol–water partition coefficient (Wildman–Crippen LogP) is 2.98. The summed E-state index contributed by atoms with van der Waals surface area (Å²) in [6, 6.07) is 8.07. The number of hydrogen-bond donors (Lipinski definition) is 0. The van der Waals surface area contributed by atoms with Gasteiger partial charge in [-0.1, -0.05) is 19.1 Å². The second-order valence-corrected chi connectivity index (χ2v) is 5.40. The van der Waals surface area contributed by atoms with E-state index in [1.54, 1.807) is 12.5 Å². The van der Waals surface area contributed by atoms with Gasteiger partial charge in [0.25, 0.3) is 0 Å². The number of ether oxygens (including phenoxy) is 1. The molecule has 0 bridgehead atoms. The van der Waals surface area contributed by atoms with Gasteiger partial charge in [0.05, 0.1) is 12.2 Å². The second kappa shape index (κ2) is 7.11. The topological polar surface area (TPSA) is 42.6 Å². The predicted molar refractivity (Wildman–Crippen MR) is 87.2 cm³/mol. The lowest BCUT2D eigenvalue weighted by molar-refractivity contribution is 0.316. The van der Waals surface area contributed by atoms with Crippen LogP contribution in [0.3, 0.4) is 0 Å². The molecule has 0 N–H and O–H groups in total. The third-order valence-electron chi connectivity index (χ3n) is 3.66. The number of hydrogen-bond acceptors (Lipinski definition) is 4. The van der Waals surface area contributed by atoms with Crippen molar-refractivity contribution in [1.82, 2.24) is 14.6 Å². The SMILES string of the molecule is CCCOc1ccccc1/C(=N\N1CCCC1)n1ccnc1. The van der Waals surface area contributed by atoms with Gasteiger partial charge in [0.15, 0.2) is 5.84 Å². The highest BCUT2D eigenvalue weighted by atomic mass is 16.5. The minimum atomic E-state index is 0.706. The summed E-state index contributed by atoms with van der Waals surface area (Å²) in [5.74, 6) is 1.74. The third kappa shape index (κ3) is 3.30. The Bertz CT molecular complexity index is 615. The maximum atomic E-state index is 5.90. The molecule has 2 heterocycles. The van der Waals surface area contributed by atoms with Crippen LogP contribution in [0.25, 0.3) is 0 Å². The van der Waals surface area contributed by atoms with Gasteiger partial charge in [0.1, 0.15) is 12.1 Å². The van der Waals surface area contributed by atoms with Crippen molar-refractivity contribution in [2.45, 2.75) is 26.2 Å². The van der Waals surface area contributed by atoms with Crippen molar-refractivity contribution in [3.05, 3.63) is 48.5 Å². The van der Waals surface area contributed by atoms with Crippen LogP contribution in [-0.2, 0) is 0 Å². The molecule has 2 aromatic rings. The van der Waals surface area contributed by atoms with Crippen LogP contribution in [-0.4, -0.2) is 40.1 Å². The quantitative estimate of drug-likeness (QED) is 0.629. The number of nitrogens with zero attached hydrogens (tertiary/aromatic N) is 4. The van der Waals surface area contributed by atoms with Crippen molar-refractivity contribution in [3.63, 3.8) is 0 Å². The van der Waals surface area contributed by atoms with Crippen LogP contribution in [0.1, 0.15) is 31.7 Å². The molecule has 0 amide bonds. The van der Waals surface area contributed by atoms with E-state index in [-0.39, 0.29) is 0 Å².